The Morgan fingerprint density at radius 3 is 2.84 bits per heavy atom. The molecule has 1 saturated heterocycles. The number of methoxy groups -OCH3 is 1. The Kier molecular flexibility index (Phi) is 5.40. The minimum atomic E-state index is -0.276. The Morgan fingerprint density at radius 1 is 1.19 bits per heavy atom. The van der Waals surface area contributed by atoms with Crippen LogP contribution in [0.1, 0.15) is 23.9 Å². The fraction of sp³-hybridized carbons (Fsp3) is 0.348. The summed E-state index contributed by atoms with van der Waals surface area (Å²) < 4.78 is 10.8. The molecule has 0 aliphatic carbocycles. The summed E-state index contributed by atoms with van der Waals surface area (Å²) in [6.07, 6.45) is 0.585. The number of fused-ring (bicyclic) bond motifs is 1. The van der Waals surface area contributed by atoms with E-state index in [2.05, 4.69) is 9.88 Å². The lowest BCUT2D eigenvalue weighted by atomic mass is 10.0. The summed E-state index contributed by atoms with van der Waals surface area (Å²) in [5, 5.41) is 6.35. The average Bonchev–Trinajstić information content (AvgIpc) is 3.44. The molecule has 1 atom stereocenters. The molecule has 1 aromatic heterocycles. The molecular formula is C23H25N5O3. The molecule has 2 aliphatic heterocycles. The first-order chi connectivity index (χ1) is 15.2. The van der Waals surface area contributed by atoms with Gasteiger partial charge in [0, 0.05) is 25.1 Å². The van der Waals surface area contributed by atoms with Crippen LogP contribution in [0.3, 0.4) is 0 Å². The zero-order valence-electron chi connectivity index (χ0n) is 17.5. The molecule has 0 saturated carbocycles. The molecule has 2 aliphatic rings. The molecular weight excluding hydrogens is 394 g/mol. The van der Waals surface area contributed by atoms with Gasteiger partial charge in [0.1, 0.15) is 17.6 Å². The molecule has 8 nitrogen and oxygen atoms in total. The molecule has 5 rings (SSSR count). The van der Waals surface area contributed by atoms with Crippen molar-refractivity contribution in [3.63, 3.8) is 0 Å². The largest absolute Gasteiger partial charge is 0.497 e. The molecule has 0 unspecified atom stereocenters. The second kappa shape index (κ2) is 8.49. The van der Waals surface area contributed by atoms with Gasteiger partial charge < -0.3 is 14.5 Å². The third-order valence-corrected chi connectivity index (χ3v) is 5.75. The lowest BCUT2D eigenvalue weighted by Gasteiger charge is -2.28. The van der Waals surface area contributed by atoms with Crippen molar-refractivity contribution >= 4 is 22.7 Å². The van der Waals surface area contributed by atoms with Crippen LogP contribution in [0, 0.1) is 0 Å². The summed E-state index contributed by atoms with van der Waals surface area (Å²) in [4.78, 5) is 23.5. The van der Waals surface area contributed by atoms with Gasteiger partial charge in [-0.05, 0) is 24.3 Å². The number of hydrogen-bond donors (Lipinski definition) is 1. The van der Waals surface area contributed by atoms with Gasteiger partial charge in [-0.2, -0.15) is 5.10 Å². The van der Waals surface area contributed by atoms with E-state index in [9.17, 15) is 4.79 Å². The van der Waals surface area contributed by atoms with E-state index in [0.717, 1.165) is 47.0 Å². The predicted octanol–water partition coefficient (Wildman–Crippen LogP) is 2.58. The number of morpholine rings is 1. The van der Waals surface area contributed by atoms with Crippen LogP contribution >= 0.6 is 0 Å². The fourth-order valence-electron chi connectivity index (χ4n) is 4.08. The van der Waals surface area contributed by atoms with Crippen molar-refractivity contribution in [2.75, 3.05) is 40.0 Å². The highest BCUT2D eigenvalue weighted by atomic mass is 16.5. The van der Waals surface area contributed by atoms with Gasteiger partial charge in [-0.3, -0.25) is 9.69 Å². The van der Waals surface area contributed by atoms with Crippen LogP contribution in [0.15, 0.2) is 53.6 Å². The Labute approximate surface area is 180 Å². The first-order valence-corrected chi connectivity index (χ1v) is 10.5. The number of hydrogen-bond acceptors (Lipinski definition) is 6. The van der Waals surface area contributed by atoms with E-state index in [1.54, 1.807) is 12.1 Å². The maximum Gasteiger partial charge on any atom is 0.257 e. The molecule has 3 heterocycles. The van der Waals surface area contributed by atoms with E-state index in [1.165, 1.54) is 0 Å². The number of aromatic nitrogens is 2. The van der Waals surface area contributed by atoms with Crippen LogP contribution in [0.2, 0.25) is 0 Å². The Balaban J connectivity index is 1.46. The number of nitrogens with one attached hydrogen (secondary N) is 1. The van der Waals surface area contributed by atoms with Crippen molar-refractivity contribution in [2.45, 2.75) is 12.5 Å². The van der Waals surface area contributed by atoms with Crippen LogP contribution in [0.25, 0.3) is 11.0 Å². The van der Waals surface area contributed by atoms with E-state index in [4.69, 9.17) is 19.6 Å². The maximum atomic E-state index is 13.3. The normalized spacial score (nSPS) is 19.6. The lowest BCUT2D eigenvalue weighted by Crippen LogP contribution is -2.43. The van der Waals surface area contributed by atoms with Crippen LogP contribution in [-0.2, 0) is 9.53 Å². The van der Waals surface area contributed by atoms with Crippen LogP contribution < -0.4 is 4.74 Å². The summed E-state index contributed by atoms with van der Waals surface area (Å²) >= 11 is 0. The van der Waals surface area contributed by atoms with E-state index < -0.39 is 0 Å². The van der Waals surface area contributed by atoms with Gasteiger partial charge in [0.15, 0.2) is 0 Å². The molecule has 1 fully saturated rings. The van der Waals surface area contributed by atoms with Crippen molar-refractivity contribution in [2.24, 2.45) is 5.10 Å². The minimum absolute atomic E-state index is 0.0368. The molecule has 3 aromatic rings. The number of hydrazone groups is 1. The topological polar surface area (TPSA) is 83.1 Å². The second-order valence-electron chi connectivity index (χ2n) is 7.76. The summed E-state index contributed by atoms with van der Waals surface area (Å²) in [6, 6.07) is 15.4. The summed E-state index contributed by atoms with van der Waals surface area (Å²) in [5.41, 5.74) is 3.63. The number of aromatic amines is 1. The van der Waals surface area contributed by atoms with E-state index >= 15 is 0 Å². The third-order valence-electron chi connectivity index (χ3n) is 5.75. The average molecular weight is 419 g/mol. The number of amides is 1. The molecule has 1 N–H and O–H groups in total. The highest BCUT2D eigenvalue weighted by Gasteiger charge is 2.36. The molecule has 1 amide bonds. The monoisotopic (exact) mass is 419 g/mol. The quantitative estimate of drug-likeness (QED) is 0.687. The van der Waals surface area contributed by atoms with Crippen molar-refractivity contribution in [3.05, 3.63) is 59.9 Å². The zero-order chi connectivity index (χ0) is 21.2. The number of para-hydroxylation sites is 2. The molecule has 0 bridgehead atoms. The molecule has 2 aromatic carbocycles. The van der Waals surface area contributed by atoms with E-state index in [1.807, 2.05) is 48.5 Å². The first-order valence-electron chi connectivity index (χ1n) is 10.5. The number of H-pyrrole nitrogens is 1. The van der Waals surface area contributed by atoms with Gasteiger partial charge in [-0.15, -0.1) is 0 Å². The van der Waals surface area contributed by atoms with Gasteiger partial charge in [-0.1, -0.05) is 24.3 Å². The van der Waals surface area contributed by atoms with Crippen LogP contribution in [-0.4, -0.2) is 71.5 Å². The molecule has 31 heavy (non-hydrogen) atoms. The van der Waals surface area contributed by atoms with Crippen LogP contribution in [0.5, 0.6) is 5.75 Å². The minimum Gasteiger partial charge on any atom is -0.497 e. The van der Waals surface area contributed by atoms with Gasteiger partial charge in [0.2, 0.25) is 0 Å². The summed E-state index contributed by atoms with van der Waals surface area (Å²) in [6.45, 7) is 3.12. The Bertz CT molecular complexity index is 1090. The van der Waals surface area contributed by atoms with Crippen molar-refractivity contribution in [1.82, 2.24) is 19.9 Å². The Morgan fingerprint density at radius 2 is 2.03 bits per heavy atom. The fourth-order valence-corrected chi connectivity index (χ4v) is 4.08. The number of carbonyl (C=O) groups excluding carboxylic acids is 1. The number of nitrogens with zero attached hydrogens (tertiary/aromatic N) is 4. The number of carbonyl (C=O) groups is 1. The van der Waals surface area contributed by atoms with Gasteiger partial charge in [0.05, 0.1) is 43.6 Å². The zero-order valence-corrected chi connectivity index (χ0v) is 17.5. The summed E-state index contributed by atoms with van der Waals surface area (Å²) in [5.74, 6) is 1.47. The van der Waals surface area contributed by atoms with Gasteiger partial charge in [0.25, 0.3) is 5.91 Å². The number of imidazole rings is 1. The number of benzene rings is 2. The van der Waals surface area contributed by atoms with Gasteiger partial charge >= 0.3 is 0 Å². The number of ether oxygens (including phenoxy) is 2. The highest BCUT2D eigenvalue weighted by molar-refractivity contribution is 6.03. The molecule has 0 spiro atoms. The third kappa shape index (κ3) is 4.04. The maximum absolute atomic E-state index is 13.3. The van der Waals surface area contributed by atoms with Crippen LogP contribution in [0.4, 0.5) is 0 Å². The second-order valence-corrected chi connectivity index (χ2v) is 7.76. The molecule has 160 valence electrons. The predicted molar refractivity (Wildman–Crippen MR) is 117 cm³/mol. The molecule has 0 radical (unpaired) electrons. The van der Waals surface area contributed by atoms with E-state index in [-0.39, 0.29) is 11.9 Å². The summed E-state index contributed by atoms with van der Waals surface area (Å²) in [7, 11) is 1.64. The SMILES string of the molecule is COc1cccc(C2=NN(C(=O)CN3CCOCC3)[C@@H](c3nc4ccccc4[nH]3)C2)c1. The molecule has 8 heteroatoms. The van der Waals surface area contributed by atoms with Gasteiger partial charge in [-0.25, -0.2) is 9.99 Å². The lowest BCUT2D eigenvalue weighted by molar-refractivity contribution is -0.135. The van der Waals surface area contributed by atoms with E-state index in [0.29, 0.717) is 26.2 Å². The van der Waals surface area contributed by atoms with Crippen molar-refractivity contribution in [3.8, 4) is 5.75 Å². The highest BCUT2D eigenvalue weighted by Crippen LogP contribution is 2.33. The first kappa shape index (κ1) is 19.7. The Hall–Kier alpha value is -3.23. The number of rotatable bonds is 5. The smallest absolute Gasteiger partial charge is 0.257 e. The van der Waals surface area contributed by atoms with Crippen molar-refractivity contribution < 1.29 is 14.3 Å². The van der Waals surface area contributed by atoms with Crippen molar-refractivity contribution in [1.29, 1.82) is 0 Å². The standard InChI is InChI=1S/C23H25N5O3/c1-30-17-6-4-5-16(13-17)20-14-21(23-24-18-7-2-3-8-19(18)25-23)28(26-20)22(29)15-27-9-11-31-12-10-27/h2-8,13,21H,9-12,14-15H2,1H3,(H,24,25)/t21-/m1/s1.